The predicted octanol–water partition coefficient (Wildman–Crippen LogP) is 4.43. The van der Waals surface area contributed by atoms with Crippen LogP contribution >= 0.6 is 0 Å². The van der Waals surface area contributed by atoms with Crippen LogP contribution in [-0.4, -0.2) is 36.8 Å². The predicted molar refractivity (Wildman–Crippen MR) is 141 cm³/mol. The van der Waals surface area contributed by atoms with Crippen molar-refractivity contribution in [3.05, 3.63) is 130 Å². The van der Waals surface area contributed by atoms with E-state index in [9.17, 15) is 18.0 Å². The molecule has 0 aliphatic rings. The van der Waals surface area contributed by atoms with Crippen LogP contribution in [0, 0.1) is 0 Å². The number of pyridine rings is 1. The van der Waals surface area contributed by atoms with Crippen molar-refractivity contribution in [3.63, 3.8) is 0 Å². The molecule has 190 valence electrons. The van der Waals surface area contributed by atoms with E-state index in [2.05, 4.69) is 4.98 Å². The first kappa shape index (κ1) is 25.9. The van der Waals surface area contributed by atoms with E-state index in [4.69, 9.17) is 9.84 Å². The molecule has 2 N–H and O–H groups in total. The van der Waals surface area contributed by atoms with Crippen molar-refractivity contribution in [1.82, 2.24) is 4.98 Å². The molecule has 0 aliphatic heterocycles. The molecule has 1 heterocycles. The first-order valence-electron chi connectivity index (χ1n) is 11.8. The second-order valence-corrected chi connectivity index (χ2v) is 10.7. The van der Waals surface area contributed by atoms with Crippen molar-refractivity contribution in [2.45, 2.75) is 23.7 Å². The number of hydrogen-bond acceptors (Lipinski definition) is 5. The van der Waals surface area contributed by atoms with Gasteiger partial charge in [-0.3, -0.25) is 4.79 Å². The summed E-state index contributed by atoms with van der Waals surface area (Å²) in [6.45, 7) is -0.560. The summed E-state index contributed by atoms with van der Waals surface area (Å²) in [6, 6.07) is 27.6. The number of carboxylic acids is 1. The van der Waals surface area contributed by atoms with Crippen molar-refractivity contribution in [2.75, 3.05) is 12.4 Å². The summed E-state index contributed by atoms with van der Waals surface area (Å²) < 4.78 is 30.9. The average molecular weight is 518 g/mol. The van der Waals surface area contributed by atoms with Crippen LogP contribution in [0.3, 0.4) is 0 Å². The molecule has 1 aromatic heterocycles. The monoisotopic (exact) mass is 517 g/mol. The van der Waals surface area contributed by atoms with Crippen molar-refractivity contribution >= 4 is 15.8 Å². The zero-order valence-electron chi connectivity index (χ0n) is 20.0. The van der Waals surface area contributed by atoms with Crippen molar-refractivity contribution < 1.29 is 23.1 Å². The molecule has 0 atom stereocenters. The number of carboxylic acid groups (broad SMARTS) is 1. The largest absolute Gasteiger partial charge is 0.482 e. The fourth-order valence-corrected chi connectivity index (χ4v) is 5.59. The van der Waals surface area contributed by atoms with Crippen LogP contribution in [0.2, 0.25) is 0 Å². The molecule has 7 nitrogen and oxygen atoms in total. The van der Waals surface area contributed by atoms with Gasteiger partial charge in [-0.1, -0.05) is 66.7 Å². The Bertz CT molecular complexity index is 1480. The smallest absolute Gasteiger partial charge is 0.341 e. The summed E-state index contributed by atoms with van der Waals surface area (Å²) in [4.78, 5) is 26.2. The molecule has 0 saturated carbocycles. The Morgan fingerprint density at radius 1 is 0.865 bits per heavy atom. The van der Waals surface area contributed by atoms with Gasteiger partial charge in [0.25, 0.3) is 5.56 Å². The lowest BCUT2D eigenvalue weighted by Crippen LogP contribution is -2.16. The highest BCUT2D eigenvalue weighted by Gasteiger charge is 2.19. The van der Waals surface area contributed by atoms with E-state index < -0.39 is 22.4 Å². The van der Waals surface area contributed by atoms with Crippen molar-refractivity contribution in [3.8, 4) is 5.75 Å². The number of aromatic nitrogens is 1. The fraction of sp³-hybridized carbons (Fsp3) is 0.172. The molecule has 3 aromatic carbocycles. The maximum atomic E-state index is 12.9. The fourth-order valence-electron chi connectivity index (χ4n) is 4.24. The third-order valence-electron chi connectivity index (χ3n) is 5.99. The molecule has 0 saturated heterocycles. The molecule has 4 aromatic rings. The van der Waals surface area contributed by atoms with Gasteiger partial charge in [-0.25, -0.2) is 13.2 Å². The number of carbonyl (C=O) groups is 1. The normalized spacial score (nSPS) is 11.4. The van der Waals surface area contributed by atoms with Crippen LogP contribution < -0.4 is 10.3 Å². The van der Waals surface area contributed by atoms with E-state index in [1.807, 2.05) is 66.7 Å². The van der Waals surface area contributed by atoms with Gasteiger partial charge in [0, 0.05) is 17.7 Å². The number of rotatable bonds is 11. The van der Waals surface area contributed by atoms with E-state index in [1.54, 1.807) is 6.20 Å². The molecule has 0 amide bonds. The summed E-state index contributed by atoms with van der Waals surface area (Å²) >= 11 is 0. The number of nitrogens with one attached hydrogen (secondary N) is 1. The number of aryl methyl sites for hydroxylation is 1. The molecule has 0 spiro atoms. The number of ether oxygens (including phenoxy) is 1. The molecule has 37 heavy (non-hydrogen) atoms. The van der Waals surface area contributed by atoms with E-state index >= 15 is 0 Å². The Morgan fingerprint density at radius 2 is 1.51 bits per heavy atom. The Hall–Kier alpha value is -4.17. The Labute approximate surface area is 215 Å². The van der Waals surface area contributed by atoms with E-state index in [1.165, 1.54) is 24.3 Å². The Kier molecular flexibility index (Phi) is 8.20. The van der Waals surface area contributed by atoms with Crippen molar-refractivity contribution in [1.29, 1.82) is 0 Å². The minimum absolute atomic E-state index is 0.0475. The SMILES string of the molecule is O=C(O)COc1cccc(S(=O)(=O)CCCc2cc(C(c3ccccc3)c3ccccc3)c[nH]c2=O)c1. The summed E-state index contributed by atoms with van der Waals surface area (Å²) in [5.74, 6) is -1.24. The van der Waals surface area contributed by atoms with Crippen LogP contribution in [0.15, 0.2) is 107 Å². The van der Waals surface area contributed by atoms with Gasteiger partial charge in [0.05, 0.1) is 10.6 Å². The summed E-state index contributed by atoms with van der Waals surface area (Å²) in [5, 5.41) is 8.76. The van der Waals surface area contributed by atoms with Gasteiger partial charge >= 0.3 is 5.97 Å². The van der Waals surface area contributed by atoms with Crippen LogP contribution in [0.4, 0.5) is 0 Å². The van der Waals surface area contributed by atoms with Crippen LogP contribution in [-0.2, 0) is 21.1 Å². The minimum atomic E-state index is -3.66. The molecule has 0 fully saturated rings. The first-order valence-corrected chi connectivity index (χ1v) is 13.5. The molecular formula is C29H27NO6S. The molecule has 0 radical (unpaired) electrons. The molecular weight excluding hydrogens is 490 g/mol. The Morgan fingerprint density at radius 3 is 2.14 bits per heavy atom. The quantitative estimate of drug-likeness (QED) is 0.304. The second kappa shape index (κ2) is 11.7. The summed E-state index contributed by atoms with van der Waals surface area (Å²) in [5.41, 5.74) is 3.35. The van der Waals surface area contributed by atoms with Crippen LogP contribution in [0.5, 0.6) is 5.75 Å². The third-order valence-corrected chi connectivity index (χ3v) is 7.79. The molecule has 0 bridgehead atoms. The average Bonchev–Trinajstić information content (AvgIpc) is 2.90. The molecule has 0 unspecified atom stereocenters. The number of aliphatic carboxylic acids is 1. The van der Waals surface area contributed by atoms with Gasteiger partial charge in [0.15, 0.2) is 16.4 Å². The maximum Gasteiger partial charge on any atom is 0.341 e. The van der Waals surface area contributed by atoms with Crippen molar-refractivity contribution in [2.24, 2.45) is 0 Å². The highest BCUT2D eigenvalue weighted by atomic mass is 32.2. The van der Waals surface area contributed by atoms with Gasteiger partial charge < -0.3 is 14.8 Å². The minimum Gasteiger partial charge on any atom is -0.482 e. The Balaban J connectivity index is 1.52. The number of benzene rings is 3. The van der Waals surface area contributed by atoms with E-state index in [0.29, 0.717) is 5.56 Å². The standard InChI is InChI=1S/C29H27NO6S/c31-27(32)20-36-25-14-7-15-26(18-25)37(34,35)16-8-13-23-17-24(19-30-29(23)33)28(21-9-3-1-4-10-21)22-11-5-2-6-12-22/h1-7,9-12,14-15,17-19,28H,8,13,16,20H2,(H,30,33)(H,31,32). The van der Waals surface area contributed by atoms with Gasteiger partial charge in [0.2, 0.25) is 0 Å². The zero-order valence-corrected chi connectivity index (χ0v) is 20.9. The van der Waals surface area contributed by atoms with Gasteiger partial charge in [-0.15, -0.1) is 0 Å². The van der Waals surface area contributed by atoms with Crippen LogP contribution in [0.25, 0.3) is 0 Å². The first-order chi connectivity index (χ1) is 17.8. The lowest BCUT2D eigenvalue weighted by Gasteiger charge is -2.19. The van der Waals surface area contributed by atoms with Gasteiger partial charge in [-0.2, -0.15) is 0 Å². The highest BCUT2D eigenvalue weighted by Crippen LogP contribution is 2.31. The summed E-state index contributed by atoms with van der Waals surface area (Å²) in [6.07, 6.45) is 2.25. The van der Waals surface area contributed by atoms with Gasteiger partial charge in [0.1, 0.15) is 5.75 Å². The lowest BCUT2D eigenvalue weighted by atomic mass is 9.85. The lowest BCUT2D eigenvalue weighted by molar-refractivity contribution is -0.139. The number of H-pyrrole nitrogens is 1. The highest BCUT2D eigenvalue weighted by molar-refractivity contribution is 7.91. The molecule has 0 aliphatic carbocycles. The van der Waals surface area contributed by atoms with E-state index in [-0.39, 0.29) is 40.7 Å². The zero-order chi connectivity index (χ0) is 26.3. The second-order valence-electron chi connectivity index (χ2n) is 8.62. The van der Waals surface area contributed by atoms with E-state index in [0.717, 1.165) is 16.7 Å². The number of hydrogen-bond donors (Lipinski definition) is 2. The molecule has 4 rings (SSSR count). The van der Waals surface area contributed by atoms with Gasteiger partial charge in [-0.05, 0) is 53.8 Å². The van der Waals surface area contributed by atoms with Crippen LogP contribution in [0.1, 0.15) is 34.6 Å². The number of sulfone groups is 1. The molecule has 8 heteroatoms. The third kappa shape index (κ3) is 6.74. The maximum absolute atomic E-state index is 12.9. The summed E-state index contributed by atoms with van der Waals surface area (Å²) in [7, 11) is -3.66. The number of aromatic amines is 1. The topological polar surface area (TPSA) is 114 Å².